The van der Waals surface area contributed by atoms with Crippen molar-refractivity contribution in [3.05, 3.63) is 48.0 Å². The summed E-state index contributed by atoms with van der Waals surface area (Å²) >= 11 is 1.97. The van der Waals surface area contributed by atoms with Crippen molar-refractivity contribution >= 4 is 22.5 Å². The Morgan fingerprint density at radius 1 is 1.12 bits per heavy atom. The lowest BCUT2D eigenvalue weighted by atomic mass is 10.1. The normalized spacial score (nSPS) is 18.9. The first-order chi connectivity index (χ1) is 7.93. The molecule has 1 fully saturated rings. The lowest BCUT2D eigenvalue weighted by Crippen LogP contribution is -1.91. The van der Waals surface area contributed by atoms with E-state index in [2.05, 4.69) is 42.5 Å². The zero-order valence-electron chi connectivity index (χ0n) is 9.06. The smallest absolute Gasteiger partial charge is 0.0900 e. The van der Waals surface area contributed by atoms with Gasteiger partial charge in [-0.05, 0) is 16.3 Å². The third-order valence-corrected chi connectivity index (χ3v) is 3.97. The van der Waals surface area contributed by atoms with Gasteiger partial charge in [0.15, 0.2) is 0 Å². The largest absolute Gasteiger partial charge is 0.372 e. The molecule has 16 heavy (non-hydrogen) atoms. The van der Waals surface area contributed by atoms with E-state index in [1.165, 1.54) is 16.3 Å². The van der Waals surface area contributed by atoms with E-state index in [1.807, 2.05) is 11.8 Å². The number of hydrogen-bond acceptors (Lipinski definition) is 2. The third-order valence-electron chi connectivity index (χ3n) is 2.84. The molecule has 0 radical (unpaired) electrons. The van der Waals surface area contributed by atoms with Gasteiger partial charge in [-0.1, -0.05) is 42.5 Å². The van der Waals surface area contributed by atoms with Crippen molar-refractivity contribution < 1.29 is 4.74 Å². The van der Waals surface area contributed by atoms with Crippen LogP contribution in [0.5, 0.6) is 0 Å². The van der Waals surface area contributed by atoms with Gasteiger partial charge in [-0.3, -0.25) is 0 Å². The summed E-state index contributed by atoms with van der Waals surface area (Å²) in [5.41, 5.74) is 1.43. The van der Waals surface area contributed by atoms with Gasteiger partial charge >= 0.3 is 0 Å². The Balaban J connectivity index is 1.79. The standard InChI is InChI=1S/C14H14OS/c1-2-7-14-11(4-1)5-3-6-12(14)9-16-10-13-8-15-13/h1-7,13H,8-10H2. The highest BCUT2D eigenvalue weighted by atomic mass is 32.2. The Kier molecular flexibility index (Phi) is 2.85. The van der Waals surface area contributed by atoms with Gasteiger partial charge < -0.3 is 4.74 Å². The highest BCUT2D eigenvalue weighted by molar-refractivity contribution is 7.98. The average molecular weight is 230 g/mol. The maximum absolute atomic E-state index is 5.21. The molecule has 1 nitrogen and oxygen atoms in total. The SMILES string of the molecule is c1ccc2c(CSCC3CO3)cccc2c1. The first-order valence-corrected chi connectivity index (χ1v) is 6.75. The summed E-state index contributed by atoms with van der Waals surface area (Å²) in [6.07, 6.45) is 0.528. The van der Waals surface area contributed by atoms with E-state index >= 15 is 0 Å². The molecule has 1 saturated heterocycles. The van der Waals surface area contributed by atoms with Gasteiger partial charge in [0.05, 0.1) is 12.7 Å². The molecule has 0 bridgehead atoms. The molecule has 1 unspecified atom stereocenters. The maximum Gasteiger partial charge on any atom is 0.0900 e. The summed E-state index contributed by atoms with van der Waals surface area (Å²) in [4.78, 5) is 0. The van der Waals surface area contributed by atoms with Gasteiger partial charge in [-0.15, -0.1) is 0 Å². The number of hydrogen-bond donors (Lipinski definition) is 0. The molecule has 0 saturated carbocycles. The fourth-order valence-electron chi connectivity index (χ4n) is 1.88. The maximum atomic E-state index is 5.21. The monoisotopic (exact) mass is 230 g/mol. The predicted octanol–water partition coefficient (Wildman–Crippen LogP) is 3.47. The molecule has 0 spiro atoms. The number of benzene rings is 2. The lowest BCUT2D eigenvalue weighted by Gasteiger charge is -2.05. The summed E-state index contributed by atoms with van der Waals surface area (Å²) in [7, 11) is 0. The molecule has 0 aliphatic carbocycles. The van der Waals surface area contributed by atoms with E-state index in [-0.39, 0.29) is 0 Å². The lowest BCUT2D eigenvalue weighted by molar-refractivity contribution is 0.426. The highest BCUT2D eigenvalue weighted by Crippen LogP contribution is 2.24. The summed E-state index contributed by atoms with van der Waals surface area (Å²) in [6, 6.07) is 15.1. The van der Waals surface area contributed by atoms with E-state index in [0.29, 0.717) is 6.10 Å². The number of thioether (sulfide) groups is 1. The third kappa shape index (κ3) is 2.23. The minimum absolute atomic E-state index is 0.528. The van der Waals surface area contributed by atoms with Crippen molar-refractivity contribution in [2.24, 2.45) is 0 Å². The van der Waals surface area contributed by atoms with E-state index < -0.39 is 0 Å². The van der Waals surface area contributed by atoms with Crippen molar-refractivity contribution in [1.29, 1.82) is 0 Å². The van der Waals surface area contributed by atoms with Gasteiger partial charge in [-0.2, -0.15) is 11.8 Å². The zero-order chi connectivity index (χ0) is 10.8. The van der Waals surface area contributed by atoms with Crippen LogP contribution in [0.25, 0.3) is 10.8 Å². The van der Waals surface area contributed by atoms with Gasteiger partial charge in [0.2, 0.25) is 0 Å². The molecule has 2 aromatic rings. The van der Waals surface area contributed by atoms with Crippen LogP contribution in [0.4, 0.5) is 0 Å². The Morgan fingerprint density at radius 3 is 2.81 bits per heavy atom. The van der Waals surface area contributed by atoms with E-state index in [1.54, 1.807) is 0 Å². The summed E-state index contributed by atoms with van der Waals surface area (Å²) in [6.45, 7) is 0.961. The summed E-state index contributed by atoms with van der Waals surface area (Å²) in [5.74, 6) is 2.21. The Bertz CT molecular complexity index is 486. The average Bonchev–Trinajstić information content (AvgIpc) is 3.13. The second-order valence-electron chi connectivity index (χ2n) is 4.11. The predicted molar refractivity (Wildman–Crippen MR) is 69.9 cm³/mol. The van der Waals surface area contributed by atoms with Crippen LogP contribution in [0.2, 0.25) is 0 Å². The van der Waals surface area contributed by atoms with E-state index in [9.17, 15) is 0 Å². The topological polar surface area (TPSA) is 12.5 Å². The second kappa shape index (κ2) is 4.48. The van der Waals surface area contributed by atoms with Crippen LogP contribution in [0, 0.1) is 0 Å². The minimum atomic E-state index is 0.528. The van der Waals surface area contributed by atoms with E-state index in [0.717, 1.165) is 18.1 Å². The van der Waals surface area contributed by atoms with Gasteiger partial charge in [-0.25, -0.2) is 0 Å². The van der Waals surface area contributed by atoms with Crippen LogP contribution in [0.15, 0.2) is 42.5 Å². The molecule has 1 aliphatic heterocycles. The number of fused-ring (bicyclic) bond motifs is 1. The first kappa shape index (κ1) is 10.2. The molecule has 1 heterocycles. The van der Waals surface area contributed by atoms with Crippen LogP contribution in [-0.2, 0) is 10.5 Å². The molecule has 0 aromatic heterocycles. The zero-order valence-corrected chi connectivity index (χ0v) is 9.87. The van der Waals surface area contributed by atoms with Crippen LogP contribution in [-0.4, -0.2) is 18.5 Å². The Hall–Kier alpha value is -0.990. The minimum Gasteiger partial charge on any atom is -0.372 e. The molecule has 1 aliphatic rings. The van der Waals surface area contributed by atoms with Crippen molar-refractivity contribution in [2.75, 3.05) is 12.4 Å². The Morgan fingerprint density at radius 2 is 1.94 bits per heavy atom. The molecule has 3 rings (SSSR count). The Labute approximate surface area is 99.8 Å². The number of ether oxygens (including phenoxy) is 1. The molecule has 1 atom stereocenters. The van der Waals surface area contributed by atoms with Crippen LogP contribution >= 0.6 is 11.8 Å². The second-order valence-corrected chi connectivity index (χ2v) is 5.14. The van der Waals surface area contributed by atoms with Crippen LogP contribution in [0.3, 0.4) is 0 Å². The van der Waals surface area contributed by atoms with Crippen molar-refractivity contribution in [1.82, 2.24) is 0 Å². The van der Waals surface area contributed by atoms with Gasteiger partial charge in [0.25, 0.3) is 0 Å². The van der Waals surface area contributed by atoms with Crippen LogP contribution in [0.1, 0.15) is 5.56 Å². The molecular weight excluding hydrogens is 216 g/mol. The number of epoxide rings is 1. The van der Waals surface area contributed by atoms with E-state index in [4.69, 9.17) is 4.74 Å². The summed E-state index contributed by atoms with van der Waals surface area (Å²) in [5, 5.41) is 2.72. The molecule has 82 valence electrons. The highest BCUT2D eigenvalue weighted by Gasteiger charge is 2.21. The van der Waals surface area contributed by atoms with Gasteiger partial charge in [0.1, 0.15) is 0 Å². The first-order valence-electron chi connectivity index (χ1n) is 5.59. The van der Waals surface area contributed by atoms with Crippen molar-refractivity contribution in [3.63, 3.8) is 0 Å². The number of rotatable bonds is 4. The fraction of sp³-hybridized carbons (Fsp3) is 0.286. The van der Waals surface area contributed by atoms with Crippen LogP contribution < -0.4 is 0 Å². The van der Waals surface area contributed by atoms with Gasteiger partial charge in [0, 0.05) is 11.5 Å². The summed E-state index contributed by atoms with van der Waals surface area (Å²) < 4.78 is 5.21. The molecular formula is C14H14OS. The van der Waals surface area contributed by atoms with Crippen molar-refractivity contribution in [2.45, 2.75) is 11.9 Å². The fourth-order valence-corrected chi connectivity index (χ4v) is 2.93. The quantitative estimate of drug-likeness (QED) is 0.746. The molecule has 2 aromatic carbocycles. The van der Waals surface area contributed by atoms with Crippen molar-refractivity contribution in [3.8, 4) is 0 Å². The molecule has 2 heteroatoms. The molecule has 0 amide bonds. The molecule has 0 N–H and O–H groups in total.